The van der Waals surface area contributed by atoms with E-state index in [0.717, 1.165) is 27.6 Å². The molecule has 3 aromatic heterocycles. The summed E-state index contributed by atoms with van der Waals surface area (Å²) in [5.41, 5.74) is 5.44. The van der Waals surface area contributed by atoms with E-state index in [-0.39, 0.29) is 5.56 Å². The number of pyridine rings is 2. The Morgan fingerprint density at radius 2 is 1.88 bits per heavy atom. The summed E-state index contributed by atoms with van der Waals surface area (Å²) in [6, 6.07) is 15.1. The van der Waals surface area contributed by atoms with Gasteiger partial charge < -0.3 is 4.42 Å². The van der Waals surface area contributed by atoms with Crippen LogP contribution in [0.2, 0.25) is 0 Å². The highest BCUT2D eigenvalue weighted by atomic mass is 16.3. The van der Waals surface area contributed by atoms with E-state index >= 15 is 0 Å². The number of fused-ring (bicyclic) bond motifs is 6. The maximum absolute atomic E-state index is 8.71. The molecule has 0 amide bonds. The van der Waals surface area contributed by atoms with Crippen LogP contribution in [0.4, 0.5) is 0 Å². The van der Waals surface area contributed by atoms with Crippen molar-refractivity contribution in [2.24, 2.45) is 7.05 Å². The zero-order valence-electron chi connectivity index (χ0n) is 27.0. The maximum atomic E-state index is 8.71. The van der Waals surface area contributed by atoms with E-state index in [0.29, 0.717) is 39.2 Å². The number of benzene rings is 2. The summed E-state index contributed by atoms with van der Waals surface area (Å²) in [7, 11) is 1.79. The van der Waals surface area contributed by atoms with E-state index in [9.17, 15) is 0 Å². The molecule has 34 heavy (non-hydrogen) atoms. The lowest BCUT2D eigenvalue weighted by Gasteiger charge is -2.20. The normalized spacial score (nSPS) is 21.1. The van der Waals surface area contributed by atoms with Gasteiger partial charge in [0, 0.05) is 43.0 Å². The molecular formula is C31H31N2O+. The van der Waals surface area contributed by atoms with Crippen molar-refractivity contribution in [2.45, 2.75) is 52.7 Å². The quantitative estimate of drug-likeness (QED) is 0.258. The zero-order valence-corrected chi connectivity index (χ0v) is 20.0. The fraction of sp³-hybridized carbons (Fsp3) is 0.290. The second kappa shape index (κ2) is 7.02. The first-order chi connectivity index (χ1) is 18.9. The highest BCUT2D eigenvalue weighted by Gasteiger charge is 2.37. The zero-order chi connectivity index (χ0) is 29.9. The van der Waals surface area contributed by atoms with Crippen LogP contribution >= 0.6 is 0 Å². The fourth-order valence-corrected chi connectivity index (χ4v) is 5.35. The molecule has 0 bridgehead atoms. The summed E-state index contributed by atoms with van der Waals surface area (Å²) in [5.74, 6) is -1.15. The van der Waals surface area contributed by atoms with Crippen LogP contribution in [0, 0.1) is 13.8 Å². The highest BCUT2D eigenvalue weighted by molar-refractivity contribution is 6.10. The third kappa shape index (κ3) is 2.76. The van der Waals surface area contributed by atoms with E-state index in [1.807, 2.05) is 49.4 Å². The molecule has 6 rings (SSSR count). The average molecular weight is 455 g/mol. The van der Waals surface area contributed by atoms with Crippen molar-refractivity contribution in [3.63, 3.8) is 0 Å². The van der Waals surface area contributed by atoms with Crippen molar-refractivity contribution in [2.75, 3.05) is 0 Å². The Kier molecular flexibility index (Phi) is 3.04. The standard InChI is InChI=1S/C31H31N2O/c1-17(2)22-15-26(33(7)16-19(22)4)27-18(3)12-13-20-23-14-25-28(32-30(23)34-29(20)27)21-10-8-9-11-24(21)31(25,5)6/h8-17H,1-7H3/q+1/i4D3,5D3,17D. The van der Waals surface area contributed by atoms with Crippen molar-refractivity contribution in [3.05, 3.63) is 82.5 Å². The SMILES string of the molecule is [2H]C([2H])([2H])c1c[n+](C)c(-c2c(C)ccc3c2oc2nc4c(cc23)C(C)(C([2H])([2H])[2H])c2ccccc2-4)cc1C([2H])(C)C. The Morgan fingerprint density at radius 3 is 2.65 bits per heavy atom. The second-order valence-electron chi connectivity index (χ2n) is 9.74. The van der Waals surface area contributed by atoms with Crippen LogP contribution in [0.25, 0.3) is 44.6 Å². The van der Waals surface area contributed by atoms with Gasteiger partial charge in [0.05, 0.1) is 11.3 Å². The molecule has 3 heterocycles. The Bertz CT molecular complexity index is 1890. The van der Waals surface area contributed by atoms with Crippen molar-refractivity contribution in [1.29, 1.82) is 0 Å². The van der Waals surface area contributed by atoms with Gasteiger partial charge in [-0.05, 0) is 48.0 Å². The predicted octanol–water partition coefficient (Wildman–Crippen LogP) is 7.52. The molecule has 1 aliphatic carbocycles. The highest BCUT2D eigenvalue weighted by Crippen LogP contribution is 2.49. The summed E-state index contributed by atoms with van der Waals surface area (Å²) in [6.45, 7) is 2.40. The van der Waals surface area contributed by atoms with Crippen LogP contribution in [0.3, 0.4) is 0 Å². The minimum absolute atomic E-state index is 0.138. The molecule has 2 aromatic carbocycles. The molecule has 0 fully saturated rings. The largest absolute Gasteiger partial charge is 0.437 e. The molecule has 3 nitrogen and oxygen atoms in total. The fourth-order valence-electron chi connectivity index (χ4n) is 5.35. The molecule has 1 aliphatic rings. The molecule has 0 radical (unpaired) electrons. The Morgan fingerprint density at radius 1 is 1.06 bits per heavy atom. The lowest BCUT2D eigenvalue weighted by atomic mass is 9.82. The molecule has 170 valence electrons. The van der Waals surface area contributed by atoms with Gasteiger partial charge in [-0.2, -0.15) is 0 Å². The maximum Gasteiger partial charge on any atom is 0.227 e. The number of aryl methyl sites for hydroxylation is 3. The van der Waals surface area contributed by atoms with Crippen molar-refractivity contribution in [1.82, 2.24) is 4.98 Å². The Balaban J connectivity index is 1.67. The minimum Gasteiger partial charge on any atom is -0.437 e. The van der Waals surface area contributed by atoms with Gasteiger partial charge in [0.25, 0.3) is 0 Å². The van der Waals surface area contributed by atoms with Gasteiger partial charge in [-0.25, -0.2) is 9.55 Å². The van der Waals surface area contributed by atoms with Crippen LogP contribution < -0.4 is 4.57 Å². The molecule has 0 saturated heterocycles. The number of nitrogens with zero attached hydrogens (tertiary/aromatic N) is 2. The second-order valence-corrected chi connectivity index (χ2v) is 9.74. The molecule has 0 N–H and O–H groups in total. The lowest BCUT2D eigenvalue weighted by Crippen LogP contribution is -2.32. The van der Waals surface area contributed by atoms with E-state index in [1.54, 1.807) is 44.6 Å². The molecule has 1 atom stereocenters. The molecule has 3 heteroatoms. The number of aromatic nitrogens is 2. The first-order valence-electron chi connectivity index (χ1n) is 15.0. The van der Waals surface area contributed by atoms with Crippen LogP contribution in [0.15, 0.2) is 59.1 Å². The van der Waals surface area contributed by atoms with Gasteiger partial charge in [-0.15, -0.1) is 0 Å². The third-order valence-corrected chi connectivity index (χ3v) is 7.17. The van der Waals surface area contributed by atoms with Crippen LogP contribution in [0.1, 0.15) is 70.9 Å². The summed E-state index contributed by atoms with van der Waals surface area (Å²) < 4.78 is 66.6. The number of rotatable bonds is 2. The van der Waals surface area contributed by atoms with Crippen LogP contribution in [-0.2, 0) is 12.5 Å². The lowest BCUT2D eigenvalue weighted by molar-refractivity contribution is -0.660. The predicted molar refractivity (Wildman–Crippen MR) is 139 cm³/mol. The van der Waals surface area contributed by atoms with E-state index in [4.69, 9.17) is 19.0 Å². The van der Waals surface area contributed by atoms with E-state index < -0.39 is 25.0 Å². The molecule has 0 aliphatic heterocycles. The van der Waals surface area contributed by atoms with Gasteiger partial charge in [0.15, 0.2) is 11.8 Å². The molecular weight excluding hydrogens is 416 g/mol. The summed E-state index contributed by atoms with van der Waals surface area (Å²) in [6.07, 6.45) is 1.58. The van der Waals surface area contributed by atoms with E-state index in [1.165, 1.54) is 0 Å². The first-order valence-corrected chi connectivity index (χ1v) is 11.5. The number of furan rings is 1. The summed E-state index contributed by atoms with van der Waals surface area (Å²) >= 11 is 0. The number of hydrogen-bond acceptors (Lipinski definition) is 2. The first kappa shape index (κ1) is 14.7. The van der Waals surface area contributed by atoms with Crippen molar-refractivity contribution < 1.29 is 18.6 Å². The van der Waals surface area contributed by atoms with Gasteiger partial charge in [-0.3, -0.25) is 0 Å². The third-order valence-electron chi connectivity index (χ3n) is 7.17. The average Bonchev–Trinajstić information content (AvgIpc) is 3.35. The van der Waals surface area contributed by atoms with Gasteiger partial charge >= 0.3 is 0 Å². The monoisotopic (exact) mass is 454 g/mol. The van der Waals surface area contributed by atoms with Crippen molar-refractivity contribution >= 4 is 22.1 Å². The molecule has 5 aromatic rings. The smallest absolute Gasteiger partial charge is 0.227 e. The summed E-state index contributed by atoms with van der Waals surface area (Å²) in [5, 5.41) is 1.50. The Labute approximate surface area is 210 Å². The van der Waals surface area contributed by atoms with Gasteiger partial charge in [-0.1, -0.05) is 64.0 Å². The number of hydrogen-bond donors (Lipinski definition) is 0. The minimum atomic E-state index is -2.37. The van der Waals surface area contributed by atoms with Crippen LogP contribution in [0.5, 0.6) is 0 Å². The molecule has 0 spiro atoms. The molecule has 1 unspecified atom stereocenters. The Hall–Kier alpha value is -3.46. The van der Waals surface area contributed by atoms with Crippen molar-refractivity contribution in [3.8, 4) is 22.5 Å². The van der Waals surface area contributed by atoms with Gasteiger partial charge in [0.1, 0.15) is 7.05 Å². The summed E-state index contributed by atoms with van der Waals surface area (Å²) in [4.78, 5) is 4.91. The van der Waals surface area contributed by atoms with Crippen LogP contribution in [-0.4, -0.2) is 4.98 Å². The van der Waals surface area contributed by atoms with E-state index in [2.05, 4.69) is 0 Å². The molecule has 0 saturated carbocycles. The topological polar surface area (TPSA) is 29.9 Å². The van der Waals surface area contributed by atoms with Gasteiger partial charge in [0.2, 0.25) is 11.4 Å².